The minimum atomic E-state index is -1.05. The highest BCUT2D eigenvalue weighted by Gasteiger charge is 2.13. The topological polar surface area (TPSA) is 62.2 Å². The molecule has 0 aliphatic carbocycles. The number of halogens is 1. The van der Waals surface area contributed by atoms with Gasteiger partial charge in [0, 0.05) is 5.69 Å². The number of hydrogen-bond donors (Lipinski definition) is 2. The zero-order valence-corrected chi connectivity index (χ0v) is 11.1. The van der Waals surface area contributed by atoms with E-state index in [0.717, 1.165) is 11.4 Å². The molecular weight excluding hydrogens is 264 g/mol. The summed E-state index contributed by atoms with van der Waals surface area (Å²) in [4.78, 5) is 15.5. The van der Waals surface area contributed by atoms with Crippen LogP contribution >= 0.6 is 11.6 Å². The predicted molar refractivity (Wildman–Crippen MR) is 74.7 cm³/mol. The largest absolute Gasteiger partial charge is 0.478 e. The van der Waals surface area contributed by atoms with Gasteiger partial charge in [0.1, 0.15) is 5.56 Å². The van der Waals surface area contributed by atoms with E-state index in [4.69, 9.17) is 16.7 Å². The Kier molecular flexibility index (Phi) is 4.02. The molecule has 5 heteroatoms. The number of aromatic nitrogens is 1. The molecule has 19 heavy (non-hydrogen) atoms. The summed E-state index contributed by atoms with van der Waals surface area (Å²) in [6.45, 7) is 2.36. The molecule has 0 saturated carbocycles. The molecule has 2 rings (SSSR count). The lowest BCUT2D eigenvalue weighted by atomic mass is 10.1. The van der Waals surface area contributed by atoms with Crippen LogP contribution in [-0.2, 0) is 6.54 Å². The Morgan fingerprint density at radius 1 is 1.32 bits per heavy atom. The molecule has 1 heterocycles. The molecule has 1 aromatic carbocycles. The van der Waals surface area contributed by atoms with Gasteiger partial charge < -0.3 is 10.4 Å². The Hall–Kier alpha value is -2.07. The summed E-state index contributed by atoms with van der Waals surface area (Å²) in [5, 5.41) is 12.4. The molecule has 0 unspecified atom stereocenters. The molecule has 0 aliphatic heterocycles. The average Bonchev–Trinajstić information content (AvgIpc) is 2.36. The van der Waals surface area contributed by atoms with Crippen LogP contribution in [-0.4, -0.2) is 16.1 Å². The van der Waals surface area contributed by atoms with Crippen LogP contribution < -0.4 is 5.32 Å². The van der Waals surface area contributed by atoms with Crippen LogP contribution in [0, 0.1) is 6.92 Å². The zero-order valence-electron chi connectivity index (χ0n) is 10.4. The Balaban J connectivity index is 2.20. The van der Waals surface area contributed by atoms with Gasteiger partial charge in [-0.15, -0.1) is 0 Å². The molecule has 0 atom stereocenters. The van der Waals surface area contributed by atoms with Crippen molar-refractivity contribution in [1.29, 1.82) is 0 Å². The highest BCUT2D eigenvalue weighted by molar-refractivity contribution is 6.34. The number of hydrogen-bond acceptors (Lipinski definition) is 3. The number of aryl methyl sites for hydroxylation is 1. The van der Waals surface area contributed by atoms with E-state index in [2.05, 4.69) is 10.3 Å². The number of anilines is 1. The Bertz CT molecular complexity index is 614. The van der Waals surface area contributed by atoms with Crippen molar-refractivity contribution in [3.05, 3.63) is 58.4 Å². The van der Waals surface area contributed by atoms with Crippen molar-refractivity contribution < 1.29 is 9.90 Å². The lowest BCUT2D eigenvalue weighted by molar-refractivity contribution is 0.0698. The number of carboxylic acid groups (broad SMARTS) is 1. The average molecular weight is 277 g/mol. The maximum Gasteiger partial charge on any atom is 0.339 e. The van der Waals surface area contributed by atoms with E-state index in [-0.39, 0.29) is 10.6 Å². The van der Waals surface area contributed by atoms with Gasteiger partial charge in [-0.05, 0) is 31.2 Å². The number of carbonyl (C=O) groups is 1. The van der Waals surface area contributed by atoms with Crippen molar-refractivity contribution in [2.45, 2.75) is 13.5 Å². The highest BCUT2D eigenvalue weighted by atomic mass is 35.5. The van der Waals surface area contributed by atoms with Gasteiger partial charge in [0.25, 0.3) is 0 Å². The first kappa shape index (κ1) is 13.4. The number of carboxylic acids is 1. The Morgan fingerprint density at radius 3 is 2.74 bits per heavy atom. The van der Waals surface area contributed by atoms with Gasteiger partial charge in [-0.25, -0.2) is 4.79 Å². The number of rotatable bonds is 4. The molecule has 2 N–H and O–H groups in total. The Labute approximate surface area is 116 Å². The third-order valence-electron chi connectivity index (χ3n) is 2.63. The van der Waals surface area contributed by atoms with Gasteiger partial charge >= 0.3 is 5.97 Å². The third-order valence-corrected chi connectivity index (χ3v) is 2.95. The molecule has 0 spiro atoms. The molecule has 0 bridgehead atoms. The van der Waals surface area contributed by atoms with Crippen molar-refractivity contribution in [2.75, 3.05) is 5.32 Å². The summed E-state index contributed by atoms with van der Waals surface area (Å²) in [6.07, 6.45) is 0. The Morgan fingerprint density at radius 2 is 2.05 bits per heavy atom. The van der Waals surface area contributed by atoms with E-state index in [1.807, 2.05) is 25.1 Å². The normalized spacial score (nSPS) is 10.2. The monoisotopic (exact) mass is 276 g/mol. The van der Waals surface area contributed by atoms with E-state index in [9.17, 15) is 4.79 Å². The van der Waals surface area contributed by atoms with Crippen molar-refractivity contribution in [1.82, 2.24) is 4.98 Å². The molecule has 1 aromatic heterocycles. The van der Waals surface area contributed by atoms with Gasteiger partial charge in [-0.2, -0.15) is 0 Å². The predicted octanol–water partition coefficient (Wildman–Crippen LogP) is 3.35. The van der Waals surface area contributed by atoms with Crippen LogP contribution in [0.25, 0.3) is 0 Å². The first-order valence-electron chi connectivity index (χ1n) is 5.76. The lowest BCUT2D eigenvalue weighted by Gasteiger charge is -2.10. The van der Waals surface area contributed by atoms with Crippen LogP contribution in [0.5, 0.6) is 0 Å². The molecular formula is C14H13ClN2O2. The molecule has 0 saturated heterocycles. The molecule has 0 fully saturated rings. The van der Waals surface area contributed by atoms with Crippen LogP contribution in [0.4, 0.5) is 5.69 Å². The van der Waals surface area contributed by atoms with E-state index in [1.54, 1.807) is 18.2 Å². The lowest BCUT2D eigenvalue weighted by Crippen LogP contribution is -2.08. The smallest absolute Gasteiger partial charge is 0.339 e. The second kappa shape index (κ2) is 5.71. The molecule has 4 nitrogen and oxygen atoms in total. The zero-order chi connectivity index (χ0) is 13.8. The fourth-order valence-corrected chi connectivity index (χ4v) is 2.03. The van der Waals surface area contributed by atoms with Gasteiger partial charge in [0.15, 0.2) is 0 Å². The van der Waals surface area contributed by atoms with Gasteiger partial charge in [-0.3, -0.25) is 4.98 Å². The maximum absolute atomic E-state index is 11.2. The summed E-state index contributed by atoms with van der Waals surface area (Å²) in [6, 6.07) is 10.7. The number of aromatic carboxylic acids is 1. The van der Waals surface area contributed by atoms with Crippen molar-refractivity contribution in [3.63, 3.8) is 0 Å². The standard InChI is InChI=1S/C14H13ClN2O2/c1-9-4-2-5-10(17-9)8-16-12-7-3-6-11(15)13(12)14(18)19/h2-7,16H,8H2,1H3,(H,18,19). The van der Waals surface area contributed by atoms with E-state index < -0.39 is 5.97 Å². The van der Waals surface area contributed by atoms with Crippen LogP contribution in [0.3, 0.4) is 0 Å². The maximum atomic E-state index is 11.2. The van der Waals surface area contributed by atoms with Crippen LogP contribution in [0.15, 0.2) is 36.4 Å². The number of nitrogens with zero attached hydrogens (tertiary/aromatic N) is 1. The molecule has 0 aliphatic rings. The minimum absolute atomic E-state index is 0.0804. The van der Waals surface area contributed by atoms with Crippen LogP contribution in [0.1, 0.15) is 21.7 Å². The molecule has 0 radical (unpaired) electrons. The third kappa shape index (κ3) is 3.23. The summed E-state index contributed by atoms with van der Waals surface area (Å²) < 4.78 is 0. The number of pyridine rings is 1. The van der Waals surface area contributed by atoms with Gasteiger partial charge in [0.05, 0.1) is 22.9 Å². The van der Waals surface area contributed by atoms with E-state index >= 15 is 0 Å². The van der Waals surface area contributed by atoms with E-state index in [1.165, 1.54) is 0 Å². The first-order valence-corrected chi connectivity index (χ1v) is 6.14. The fraction of sp³-hybridized carbons (Fsp3) is 0.143. The molecule has 0 amide bonds. The van der Waals surface area contributed by atoms with Crippen molar-refractivity contribution in [2.24, 2.45) is 0 Å². The number of benzene rings is 1. The minimum Gasteiger partial charge on any atom is -0.478 e. The summed E-state index contributed by atoms with van der Waals surface area (Å²) >= 11 is 5.89. The van der Waals surface area contributed by atoms with Gasteiger partial charge in [0.2, 0.25) is 0 Å². The second-order valence-corrected chi connectivity index (χ2v) is 4.50. The number of nitrogens with one attached hydrogen (secondary N) is 1. The quantitative estimate of drug-likeness (QED) is 0.899. The summed E-state index contributed by atoms with van der Waals surface area (Å²) in [5.74, 6) is -1.05. The highest BCUT2D eigenvalue weighted by Crippen LogP contribution is 2.24. The first-order chi connectivity index (χ1) is 9.08. The summed E-state index contributed by atoms with van der Waals surface area (Å²) in [7, 11) is 0. The SMILES string of the molecule is Cc1cccc(CNc2cccc(Cl)c2C(=O)O)n1. The van der Waals surface area contributed by atoms with Crippen molar-refractivity contribution >= 4 is 23.3 Å². The van der Waals surface area contributed by atoms with E-state index in [0.29, 0.717) is 12.2 Å². The fourth-order valence-electron chi connectivity index (χ4n) is 1.77. The van der Waals surface area contributed by atoms with Gasteiger partial charge in [-0.1, -0.05) is 23.7 Å². The second-order valence-electron chi connectivity index (χ2n) is 4.09. The van der Waals surface area contributed by atoms with Crippen LogP contribution in [0.2, 0.25) is 5.02 Å². The summed E-state index contributed by atoms with van der Waals surface area (Å²) in [5.41, 5.74) is 2.33. The molecule has 98 valence electrons. The molecule has 2 aromatic rings. The van der Waals surface area contributed by atoms with Crippen molar-refractivity contribution in [3.8, 4) is 0 Å².